The van der Waals surface area contributed by atoms with Gasteiger partial charge in [0.15, 0.2) is 6.61 Å². The van der Waals surface area contributed by atoms with Crippen molar-refractivity contribution in [1.29, 1.82) is 0 Å². The van der Waals surface area contributed by atoms with Crippen LogP contribution in [0.15, 0.2) is 41.3 Å². The van der Waals surface area contributed by atoms with E-state index >= 15 is 0 Å². The monoisotopic (exact) mass is 376 g/mol. The third-order valence-electron chi connectivity index (χ3n) is 3.95. The summed E-state index contributed by atoms with van der Waals surface area (Å²) in [5.74, 6) is 0.196. The van der Waals surface area contributed by atoms with E-state index in [0.717, 1.165) is 21.1 Å². The zero-order valence-electron chi connectivity index (χ0n) is 15.7. The van der Waals surface area contributed by atoms with Crippen LogP contribution in [0.4, 0.5) is 5.69 Å². The van der Waals surface area contributed by atoms with E-state index in [4.69, 9.17) is 4.74 Å². The molecule has 0 bridgehead atoms. The van der Waals surface area contributed by atoms with Crippen molar-refractivity contribution in [3.63, 3.8) is 0 Å². The minimum Gasteiger partial charge on any atom is -0.483 e. The molecule has 1 N–H and O–H groups in total. The minimum absolute atomic E-state index is 0.159. The zero-order chi connectivity index (χ0) is 19.5. The molecule has 0 fully saturated rings. The minimum atomic E-state index is -3.50. The molecule has 0 aliphatic rings. The Balaban J connectivity index is 2.05. The molecule has 0 saturated heterocycles. The highest BCUT2D eigenvalue weighted by atomic mass is 32.2. The summed E-state index contributed by atoms with van der Waals surface area (Å²) >= 11 is 0. The lowest BCUT2D eigenvalue weighted by Crippen LogP contribution is -2.22. The van der Waals surface area contributed by atoms with Gasteiger partial charge >= 0.3 is 0 Å². The number of carbonyl (C=O) groups is 1. The number of hydrogen-bond donors (Lipinski definition) is 1. The van der Waals surface area contributed by atoms with Crippen molar-refractivity contribution in [3.8, 4) is 5.75 Å². The van der Waals surface area contributed by atoms with E-state index < -0.39 is 10.0 Å². The predicted molar refractivity (Wildman–Crippen MR) is 102 cm³/mol. The maximum absolute atomic E-state index is 12.1. The highest BCUT2D eigenvalue weighted by Crippen LogP contribution is 2.23. The quantitative estimate of drug-likeness (QED) is 0.841. The summed E-state index contributed by atoms with van der Waals surface area (Å²) in [6, 6.07) is 10.4. The van der Waals surface area contributed by atoms with Crippen molar-refractivity contribution >= 4 is 21.6 Å². The molecular formula is C19H24N2O4S. The van der Waals surface area contributed by atoms with Crippen LogP contribution < -0.4 is 10.1 Å². The van der Waals surface area contributed by atoms with Crippen LogP contribution in [0, 0.1) is 20.8 Å². The molecule has 2 rings (SSSR count). The molecule has 0 aliphatic carbocycles. The predicted octanol–water partition coefficient (Wildman–Crippen LogP) is 2.88. The van der Waals surface area contributed by atoms with Crippen LogP contribution in [0.2, 0.25) is 0 Å². The molecular weight excluding hydrogens is 352 g/mol. The van der Waals surface area contributed by atoms with Crippen LogP contribution in [0.5, 0.6) is 5.75 Å². The molecule has 2 aromatic rings. The Kier molecular flexibility index (Phi) is 6.05. The van der Waals surface area contributed by atoms with Gasteiger partial charge in [0.05, 0.1) is 4.90 Å². The molecule has 140 valence electrons. The number of nitrogens with zero attached hydrogens (tertiary/aromatic N) is 1. The normalized spacial score (nSPS) is 11.5. The maximum atomic E-state index is 12.1. The fourth-order valence-corrected chi connectivity index (χ4v) is 3.34. The van der Waals surface area contributed by atoms with Gasteiger partial charge < -0.3 is 10.1 Å². The van der Waals surface area contributed by atoms with Gasteiger partial charge in [0, 0.05) is 19.8 Å². The molecule has 0 aromatic heterocycles. The molecule has 0 spiro atoms. The highest BCUT2D eigenvalue weighted by molar-refractivity contribution is 7.89. The summed E-state index contributed by atoms with van der Waals surface area (Å²) in [5.41, 5.74) is 3.42. The van der Waals surface area contributed by atoms with Crippen molar-refractivity contribution in [2.75, 3.05) is 26.0 Å². The molecule has 0 atom stereocenters. The lowest BCUT2D eigenvalue weighted by atomic mass is 10.1. The Morgan fingerprint density at radius 3 is 2.35 bits per heavy atom. The van der Waals surface area contributed by atoms with Crippen molar-refractivity contribution in [1.82, 2.24) is 4.31 Å². The molecule has 1 amide bonds. The van der Waals surface area contributed by atoms with E-state index in [0.29, 0.717) is 11.3 Å². The van der Waals surface area contributed by atoms with E-state index in [-0.39, 0.29) is 17.4 Å². The second-order valence-corrected chi connectivity index (χ2v) is 8.52. The Hall–Kier alpha value is -2.38. The number of hydrogen-bond acceptors (Lipinski definition) is 4. The van der Waals surface area contributed by atoms with Gasteiger partial charge in [-0.1, -0.05) is 12.1 Å². The number of nitrogens with one attached hydrogen (secondary N) is 1. The van der Waals surface area contributed by atoms with E-state index in [1.54, 1.807) is 13.0 Å². The summed E-state index contributed by atoms with van der Waals surface area (Å²) < 4.78 is 31.0. The number of rotatable bonds is 6. The fourth-order valence-electron chi connectivity index (χ4n) is 2.36. The Morgan fingerprint density at radius 2 is 1.73 bits per heavy atom. The van der Waals surface area contributed by atoms with Gasteiger partial charge in [0.1, 0.15) is 5.75 Å². The summed E-state index contributed by atoms with van der Waals surface area (Å²) in [6.45, 7) is 5.46. The average molecular weight is 376 g/mol. The number of amides is 1. The number of anilines is 1. The first-order valence-electron chi connectivity index (χ1n) is 8.14. The molecule has 0 unspecified atom stereocenters. The molecule has 6 nitrogen and oxygen atoms in total. The zero-order valence-corrected chi connectivity index (χ0v) is 16.5. The van der Waals surface area contributed by atoms with Crippen molar-refractivity contribution in [2.45, 2.75) is 25.7 Å². The first kappa shape index (κ1) is 19.9. The van der Waals surface area contributed by atoms with E-state index in [1.807, 2.05) is 32.0 Å². The summed E-state index contributed by atoms with van der Waals surface area (Å²) in [4.78, 5) is 12.3. The lowest BCUT2D eigenvalue weighted by Gasteiger charge is -2.14. The van der Waals surface area contributed by atoms with Gasteiger partial charge in [-0.25, -0.2) is 12.7 Å². The van der Waals surface area contributed by atoms with Gasteiger partial charge in [0.25, 0.3) is 5.91 Å². The van der Waals surface area contributed by atoms with Crippen molar-refractivity contribution in [3.05, 3.63) is 53.1 Å². The molecule has 0 saturated carbocycles. The maximum Gasteiger partial charge on any atom is 0.262 e. The average Bonchev–Trinajstić information content (AvgIpc) is 2.56. The van der Waals surface area contributed by atoms with E-state index in [9.17, 15) is 13.2 Å². The summed E-state index contributed by atoms with van der Waals surface area (Å²) in [5, 5.41) is 2.82. The molecule has 0 aliphatic heterocycles. The second-order valence-electron chi connectivity index (χ2n) is 6.37. The number of ether oxygens (including phenoxy) is 1. The molecule has 2 aromatic carbocycles. The van der Waals surface area contributed by atoms with Gasteiger partial charge in [0.2, 0.25) is 10.0 Å². The molecule has 0 radical (unpaired) electrons. The van der Waals surface area contributed by atoms with Crippen LogP contribution in [0.1, 0.15) is 16.7 Å². The van der Waals surface area contributed by atoms with Gasteiger partial charge in [-0.2, -0.15) is 0 Å². The Morgan fingerprint density at radius 1 is 1.04 bits per heavy atom. The van der Waals surface area contributed by atoms with Crippen molar-refractivity contribution in [2.24, 2.45) is 0 Å². The SMILES string of the molecule is Cc1ccc(C)c(NC(=O)COc2ccc(S(=O)(=O)N(C)C)cc2C)c1. The number of carbonyl (C=O) groups excluding carboxylic acids is 1. The first-order valence-corrected chi connectivity index (χ1v) is 9.58. The first-order chi connectivity index (χ1) is 12.1. The van der Waals surface area contributed by atoms with Crippen LogP contribution in [-0.4, -0.2) is 39.3 Å². The van der Waals surface area contributed by atoms with E-state index in [1.165, 1.54) is 26.2 Å². The summed E-state index contributed by atoms with van der Waals surface area (Å²) in [6.07, 6.45) is 0. The number of aryl methyl sites for hydroxylation is 3. The van der Waals surface area contributed by atoms with Gasteiger partial charge in [-0.3, -0.25) is 4.79 Å². The summed E-state index contributed by atoms with van der Waals surface area (Å²) in [7, 11) is -0.541. The second kappa shape index (κ2) is 7.88. The molecule has 7 heteroatoms. The van der Waals surface area contributed by atoms with Crippen LogP contribution in [0.25, 0.3) is 0 Å². The van der Waals surface area contributed by atoms with Gasteiger partial charge in [-0.05, 0) is 61.7 Å². The van der Waals surface area contributed by atoms with Crippen LogP contribution in [-0.2, 0) is 14.8 Å². The number of sulfonamides is 1. The van der Waals surface area contributed by atoms with E-state index in [2.05, 4.69) is 5.32 Å². The van der Waals surface area contributed by atoms with Crippen LogP contribution in [0.3, 0.4) is 0 Å². The lowest BCUT2D eigenvalue weighted by molar-refractivity contribution is -0.118. The standard InChI is InChI=1S/C19H24N2O4S/c1-13-6-7-14(2)17(10-13)20-19(22)12-25-18-9-8-16(11-15(18)3)26(23,24)21(4)5/h6-11H,12H2,1-5H3,(H,20,22). The van der Waals surface area contributed by atoms with Gasteiger partial charge in [-0.15, -0.1) is 0 Å². The van der Waals surface area contributed by atoms with Crippen LogP contribution >= 0.6 is 0 Å². The third kappa shape index (κ3) is 4.62. The highest BCUT2D eigenvalue weighted by Gasteiger charge is 2.18. The Labute approximate surface area is 154 Å². The topological polar surface area (TPSA) is 75.7 Å². The smallest absolute Gasteiger partial charge is 0.262 e. The molecule has 26 heavy (non-hydrogen) atoms. The Bertz CT molecular complexity index is 921. The fraction of sp³-hybridized carbons (Fsp3) is 0.316. The van der Waals surface area contributed by atoms with Crippen molar-refractivity contribution < 1.29 is 17.9 Å². The number of benzene rings is 2. The largest absolute Gasteiger partial charge is 0.483 e. The molecule has 0 heterocycles. The third-order valence-corrected chi connectivity index (χ3v) is 5.76.